The minimum Gasteiger partial charge on any atom is -0.344 e. The fraction of sp³-hybridized carbons (Fsp3) is 0.0870. The maximum atomic E-state index is 13.1. The first-order valence-corrected chi connectivity index (χ1v) is 8.66. The maximum Gasteiger partial charge on any atom is 0.197 e. The molecule has 0 saturated carbocycles. The molecule has 3 aromatic carbocycles. The second kappa shape index (κ2) is 5.09. The van der Waals surface area contributed by atoms with Crippen LogP contribution in [0.5, 0.6) is 0 Å². The lowest BCUT2D eigenvalue weighted by Gasteiger charge is -2.32. The van der Waals surface area contributed by atoms with Crippen LogP contribution in [0, 0.1) is 0 Å². The number of aromatic nitrogens is 1. The van der Waals surface area contributed by atoms with Crippen molar-refractivity contribution in [3.8, 4) is 0 Å². The van der Waals surface area contributed by atoms with Gasteiger partial charge >= 0.3 is 0 Å². The van der Waals surface area contributed by atoms with E-state index in [-0.39, 0.29) is 5.43 Å². The second-order valence-electron chi connectivity index (χ2n) is 6.85. The number of benzene rings is 3. The maximum absolute atomic E-state index is 13.1. The summed E-state index contributed by atoms with van der Waals surface area (Å²) in [6, 6.07) is 20.1. The molecule has 0 saturated heterocycles. The topological polar surface area (TPSA) is 25.2 Å². The van der Waals surface area contributed by atoms with Crippen molar-refractivity contribution in [2.75, 3.05) is 11.9 Å². The monoisotopic (exact) mass is 338 g/mol. The van der Waals surface area contributed by atoms with Crippen molar-refractivity contribution in [3.63, 3.8) is 0 Å². The molecule has 0 aliphatic carbocycles. The largest absolute Gasteiger partial charge is 0.344 e. The van der Waals surface area contributed by atoms with Crippen LogP contribution in [-0.2, 0) is 7.05 Å². The van der Waals surface area contributed by atoms with Gasteiger partial charge in [-0.15, -0.1) is 0 Å². The number of hydrogen-bond acceptors (Lipinski definition) is 2. The van der Waals surface area contributed by atoms with Crippen LogP contribution in [0.25, 0.3) is 27.4 Å². The van der Waals surface area contributed by atoms with Gasteiger partial charge in [0.15, 0.2) is 5.43 Å². The van der Waals surface area contributed by atoms with E-state index in [0.717, 1.165) is 49.9 Å². The zero-order chi connectivity index (χ0) is 18.0. The molecule has 0 spiro atoms. The van der Waals surface area contributed by atoms with Gasteiger partial charge in [-0.25, -0.2) is 0 Å². The van der Waals surface area contributed by atoms with E-state index in [1.54, 1.807) is 0 Å². The molecule has 0 radical (unpaired) electrons. The average Bonchev–Trinajstić information content (AvgIpc) is 2.69. The summed E-state index contributed by atoms with van der Waals surface area (Å²) in [5, 5.41) is 1.49. The highest BCUT2D eigenvalue weighted by atomic mass is 16.1. The second-order valence-corrected chi connectivity index (χ2v) is 6.85. The number of para-hydroxylation sites is 2. The molecule has 1 aliphatic heterocycles. The summed E-state index contributed by atoms with van der Waals surface area (Å²) in [7, 11) is 4.06. The van der Waals surface area contributed by atoms with E-state index in [1.807, 2.05) is 56.6 Å². The fourth-order valence-corrected chi connectivity index (χ4v) is 4.08. The number of rotatable bonds is 0. The first kappa shape index (κ1) is 15.0. The number of fused-ring (bicyclic) bond motifs is 4. The molecule has 2 heterocycles. The van der Waals surface area contributed by atoms with Gasteiger partial charge in [-0.2, -0.15) is 0 Å². The van der Waals surface area contributed by atoms with Crippen LogP contribution < -0.4 is 10.3 Å². The molecule has 1 aliphatic rings. The van der Waals surface area contributed by atoms with Crippen LogP contribution in [0.1, 0.15) is 11.1 Å². The van der Waals surface area contributed by atoms with E-state index >= 15 is 0 Å². The van der Waals surface area contributed by atoms with E-state index in [2.05, 4.69) is 34.2 Å². The average molecular weight is 338 g/mol. The highest BCUT2D eigenvalue weighted by Gasteiger charge is 2.24. The molecule has 1 aromatic heterocycles. The third-order valence-corrected chi connectivity index (χ3v) is 5.51. The van der Waals surface area contributed by atoms with Crippen LogP contribution in [-0.4, -0.2) is 11.6 Å². The van der Waals surface area contributed by atoms with Crippen LogP contribution in [0.2, 0.25) is 0 Å². The molecular formula is C23H18N2O. The molecule has 3 heteroatoms. The number of aryl methyl sites for hydroxylation is 1. The van der Waals surface area contributed by atoms with Crippen molar-refractivity contribution < 1.29 is 0 Å². The van der Waals surface area contributed by atoms with Crippen LogP contribution in [0.4, 0.5) is 11.4 Å². The summed E-state index contributed by atoms with van der Waals surface area (Å²) in [6.07, 6.45) is 0. The fourth-order valence-electron chi connectivity index (χ4n) is 4.08. The first-order chi connectivity index (χ1) is 12.6. The van der Waals surface area contributed by atoms with Crippen LogP contribution >= 0.6 is 0 Å². The predicted octanol–water partition coefficient (Wildman–Crippen LogP) is 4.83. The SMILES string of the molecule is C=C1c2ccccc2N(C)c2cc3c(=O)c4ccccc4n(C)c3cc21. The molecular weight excluding hydrogens is 320 g/mol. The molecule has 0 unspecified atom stereocenters. The Labute approximate surface area is 151 Å². The lowest BCUT2D eigenvalue weighted by Crippen LogP contribution is -2.19. The summed E-state index contributed by atoms with van der Waals surface area (Å²) in [6.45, 7) is 4.34. The van der Waals surface area contributed by atoms with Gasteiger partial charge < -0.3 is 9.47 Å². The van der Waals surface area contributed by atoms with Gasteiger partial charge in [-0.05, 0) is 35.9 Å². The summed E-state index contributed by atoms with van der Waals surface area (Å²) < 4.78 is 2.10. The molecule has 0 atom stereocenters. The van der Waals surface area contributed by atoms with Crippen LogP contribution in [0.15, 0.2) is 72.0 Å². The molecule has 3 nitrogen and oxygen atoms in total. The summed E-state index contributed by atoms with van der Waals surface area (Å²) in [5.74, 6) is 0. The zero-order valence-corrected chi connectivity index (χ0v) is 14.8. The number of nitrogens with zero attached hydrogens (tertiary/aromatic N) is 2. The summed E-state index contributed by atoms with van der Waals surface area (Å²) in [4.78, 5) is 15.3. The van der Waals surface area contributed by atoms with E-state index < -0.39 is 0 Å². The highest BCUT2D eigenvalue weighted by Crippen LogP contribution is 2.44. The Kier molecular flexibility index (Phi) is 2.93. The minimum atomic E-state index is 0.0781. The van der Waals surface area contributed by atoms with Gasteiger partial charge in [0.1, 0.15) is 0 Å². The van der Waals surface area contributed by atoms with Crippen molar-refractivity contribution in [3.05, 3.63) is 88.6 Å². The highest BCUT2D eigenvalue weighted by molar-refractivity contribution is 6.03. The van der Waals surface area contributed by atoms with Crippen molar-refractivity contribution in [2.45, 2.75) is 0 Å². The number of hydrogen-bond donors (Lipinski definition) is 0. The Morgan fingerprint density at radius 3 is 2.35 bits per heavy atom. The Hall–Kier alpha value is -3.33. The Morgan fingerprint density at radius 2 is 1.50 bits per heavy atom. The van der Waals surface area contributed by atoms with Crippen molar-refractivity contribution >= 4 is 38.8 Å². The van der Waals surface area contributed by atoms with Gasteiger partial charge in [-0.1, -0.05) is 36.9 Å². The Bertz CT molecular complexity index is 1300. The smallest absolute Gasteiger partial charge is 0.197 e. The van der Waals surface area contributed by atoms with E-state index in [4.69, 9.17) is 0 Å². The van der Waals surface area contributed by atoms with Crippen molar-refractivity contribution in [1.29, 1.82) is 0 Å². The number of anilines is 2. The molecule has 126 valence electrons. The minimum absolute atomic E-state index is 0.0781. The lowest BCUT2D eigenvalue weighted by molar-refractivity contribution is 1.00. The van der Waals surface area contributed by atoms with E-state index in [9.17, 15) is 4.79 Å². The third kappa shape index (κ3) is 1.80. The molecule has 26 heavy (non-hydrogen) atoms. The first-order valence-electron chi connectivity index (χ1n) is 8.66. The Morgan fingerprint density at radius 1 is 0.769 bits per heavy atom. The van der Waals surface area contributed by atoms with Crippen LogP contribution in [0.3, 0.4) is 0 Å². The quantitative estimate of drug-likeness (QED) is 0.429. The predicted molar refractivity (Wildman–Crippen MR) is 109 cm³/mol. The molecule has 0 N–H and O–H groups in total. The van der Waals surface area contributed by atoms with Crippen molar-refractivity contribution in [1.82, 2.24) is 4.57 Å². The molecule has 4 aromatic rings. The van der Waals surface area contributed by atoms with Gasteiger partial charge in [-0.3, -0.25) is 4.79 Å². The molecule has 5 rings (SSSR count). The van der Waals surface area contributed by atoms with Gasteiger partial charge in [0.2, 0.25) is 0 Å². The van der Waals surface area contributed by atoms with Gasteiger partial charge in [0.25, 0.3) is 0 Å². The normalized spacial score (nSPS) is 13.2. The summed E-state index contributed by atoms with van der Waals surface area (Å²) in [5.41, 5.74) is 7.29. The lowest BCUT2D eigenvalue weighted by atomic mass is 9.90. The summed E-state index contributed by atoms with van der Waals surface area (Å²) >= 11 is 0. The van der Waals surface area contributed by atoms with Gasteiger partial charge in [0, 0.05) is 47.4 Å². The zero-order valence-electron chi connectivity index (χ0n) is 14.8. The molecule has 0 fully saturated rings. The molecule has 0 bridgehead atoms. The van der Waals surface area contributed by atoms with Crippen molar-refractivity contribution in [2.24, 2.45) is 7.05 Å². The van der Waals surface area contributed by atoms with Gasteiger partial charge in [0.05, 0.1) is 11.0 Å². The Balaban J connectivity index is 1.93. The standard InChI is InChI=1S/C23H18N2O/c1-14-15-8-4-6-10-19(15)24(2)21-13-18-22(12-17(14)21)25(3)20-11-7-5-9-16(20)23(18)26/h4-13H,1H2,2-3H3. The van der Waals surface area contributed by atoms with E-state index in [0.29, 0.717) is 0 Å². The van der Waals surface area contributed by atoms with E-state index in [1.165, 1.54) is 0 Å². The number of pyridine rings is 1. The molecule has 0 amide bonds. The third-order valence-electron chi connectivity index (χ3n) is 5.51.